The Bertz CT molecular complexity index is 360. The summed E-state index contributed by atoms with van der Waals surface area (Å²) in [6.07, 6.45) is 9.73. The summed E-state index contributed by atoms with van der Waals surface area (Å²) in [4.78, 5) is 0. The summed E-state index contributed by atoms with van der Waals surface area (Å²) in [6, 6.07) is 9.79. The van der Waals surface area contributed by atoms with Gasteiger partial charge in [0.15, 0.2) is 0 Å². The first kappa shape index (κ1) is 11.3. The lowest BCUT2D eigenvalue weighted by molar-refractivity contribution is 0.408. The molecule has 0 amide bonds. The third kappa shape index (κ3) is 2.40. The van der Waals surface area contributed by atoms with E-state index < -0.39 is 0 Å². The van der Waals surface area contributed by atoms with Crippen LogP contribution in [0.2, 0.25) is 0 Å². The predicted molar refractivity (Wildman–Crippen MR) is 72.2 cm³/mol. The Morgan fingerprint density at radius 3 is 2.24 bits per heavy atom. The predicted octanol–water partition coefficient (Wildman–Crippen LogP) is 4.16. The highest BCUT2D eigenvalue weighted by molar-refractivity contribution is 5.33. The summed E-state index contributed by atoms with van der Waals surface area (Å²) in [7, 11) is 0. The molecule has 1 nitrogen and oxygen atoms in total. The molecule has 1 aromatic carbocycles. The van der Waals surface area contributed by atoms with E-state index in [-0.39, 0.29) is 0 Å². The molecule has 3 rings (SSSR count). The zero-order valence-corrected chi connectivity index (χ0v) is 10.6. The van der Waals surface area contributed by atoms with Crippen LogP contribution in [0.4, 0.5) is 0 Å². The van der Waals surface area contributed by atoms with Crippen molar-refractivity contribution in [2.75, 3.05) is 6.54 Å². The van der Waals surface area contributed by atoms with Gasteiger partial charge in [-0.25, -0.2) is 0 Å². The van der Waals surface area contributed by atoms with Gasteiger partial charge in [0.1, 0.15) is 0 Å². The summed E-state index contributed by atoms with van der Waals surface area (Å²) < 4.78 is 0. The van der Waals surface area contributed by atoms with E-state index in [2.05, 4.69) is 29.6 Å². The van der Waals surface area contributed by atoms with E-state index in [0.717, 1.165) is 5.92 Å². The third-order valence-electron chi connectivity index (χ3n) is 4.48. The normalized spacial score (nSPS) is 26.2. The van der Waals surface area contributed by atoms with Gasteiger partial charge in [0.05, 0.1) is 0 Å². The number of hydrogen-bond acceptors (Lipinski definition) is 1. The largest absolute Gasteiger partial charge is 0.310 e. The summed E-state index contributed by atoms with van der Waals surface area (Å²) in [5.41, 5.74) is 3.24. The molecule has 1 N–H and O–H groups in total. The van der Waals surface area contributed by atoms with Crippen LogP contribution in [0, 0.1) is 0 Å². The van der Waals surface area contributed by atoms with Crippen LogP contribution in [-0.2, 0) is 0 Å². The van der Waals surface area contributed by atoms with Crippen LogP contribution in [0.1, 0.15) is 68.0 Å². The van der Waals surface area contributed by atoms with E-state index in [1.165, 1.54) is 51.5 Å². The summed E-state index contributed by atoms with van der Waals surface area (Å²) in [6.45, 7) is 1.20. The van der Waals surface area contributed by atoms with Crippen LogP contribution in [0.3, 0.4) is 0 Å². The van der Waals surface area contributed by atoms with Crippen LogP contribution >= 0.6 is 0 Å². The minimum absolute atomic E-state index is 0.626. The molecule has 0 radical (unpaired) electrons. The first-order valence-electron chi connectivity index (χ1n) is 7.27. The first-order valence-corrected chi connectivity index (χ1v) is 7.27. The molecule has 92 valence electrons. The molecule has 0 aromatic heterocycles. The van der Waals surface area contributed by atoms with E-state index in [4.69, 9.17) is 0 Å². The van der Waals surface area contributed by atoms with E-state index in [9.17, 15) is 0 Å². The number of hydrogen-bond donors (Lipinski definition) is 1. The molecule has 1 aromatic rings. The molecule has 1 heterocycles. The molecule has 1 aliphatic heterocycles. The minimum Gasteiger partial charge on any atom is -0.310 e. The number of piperidine rings is 1. The maximum Gasteiger partial charge on any atom is 0.0323 e. The first-order chi connectivity index (χ1) is 8.45. The van der Waals surface area contributed by atoms with Crippen LogP contribution in [-0.4, -0.2) is 6.54 Å². The molecule has 2 aliphatic rings. The Hall–Kier alpha value is -0.820. The van der Waals surface area contributed by atoms with Crippen molar-refractivity contribution >= 4 is 0 Å². The van der Waals surface area contributed by atoms with Crippen LogP contribution in [0.5, 0.6) is 0 Å². The molecule has 1 heteroatoms. The van der Waals surface area contributed by atoms with Crippen molar-refractivity contribution in [3.05, 3.63) is 35.4 Å². The van der Waals surface area contributed by atoms with E-state index in [1.54, 1.807) is 11.1 Å². The van der Waals surface area contributed by atoms with Gasteiger partial charge in [-0.2, -0.15) is 0 Å². The monoisotopic (exact) mass is 229 g/mol. The molecular formula is C16H23N. The van der Waals surface area contributed by atoms with Gasteiger partial charge in [-0.3, -0.25) is 0 Å². The highest BCUT2D eigenvalue weighted by Gasteiger charge is 2.23. The zero-order valence-electron chi connectivity index (χ0n) is 10.6. The second-order valence-corrected chi connectivity index (χ2v) is 5.61. The average molecular weight is 229 g/mol. The molecule has 1 unspecified atom stereocenters. The van der Waals surface area contributed by atoms with Crippen LogP contribution in [0.25, 0.3) is 0 Å². The maximum atomic E-state index is 3.70. The van der Waals surface area contributed by atoms with Crippen molar-refractivity contribution in [1.29, 1.82) is 0 Å². The van der Waals surface area contributed by atoms with Crippen molar-refractivity contribution in [1.82, 2.24) is 5.32 Å². The topological polar surface area (TPSA) is 12.0 Å². The van der Waals surface area contributed by atoms with Crippen LogP contribution < -0.4 is 5.32 Å². The smallest absolute Gasteiger partial charge is 0.0323 e. The van der Waals surface area contributed by atoms with Crippen LogP contribution in [0.15, 0.2) is 24.3 Å². The number of benzene rings is 1. The second-order valence-electron chi connectivity index (χ2n) is 5.61. The summed E-state index contributed by atoms with van der Waals surface area (Å²) in [5.74, 6) is 0.843. The van der Waals surface area contributed by atoms with Gasteiger partial charge in [0, 0.05) is 6.04 Å². The number of nitrogens with one attached hydrogen (secondary N) is 1. The Labute approximate surface area is 105 Å². The molecule has 1 saturated heterocycles. The molecular weight excluding hydrogens is 206 g/mol. The third-order valence-corrected chi connectivity index (χ3v) is 4.48. The SMILES string of the molecule is c1ccc(C2CCCCN2)c(C2CCCC2)c1. The Balaban J connectivity index is 1.86. The van der Waals surface area contributed by atoms with Gasteiger partial charge in [0.2, 0.25) is 0 Å². The van der Waals surface area contributed by atoms with Crippen molar-refractivity contribution in [2.24, 2.45) is 0 Å². The van der Waals surface area contributed by atoms with Crippen molar-refractivity contribution in [3.63, 3.8) is 0 Å². The maximum absolute atomic E-state index is 3.70. The van der Waals surface area contributed by atoms with Gasteiger partial charge in [-0.1, -0.05) is 43.5 Å². The molecule has 17 heavy (non-hydrogen) atoms. The Kier molecular flexibility index (Phi) is 3.46. The molecule has 1 aliphatic carbocycles. The van der Waals surface area contributed by atoms with Crippen molar-refractivity contribution in [2.45, 2.75) is 56.9 Å². The lowest BCUT2D eigenvalue weighted by Gasteiger charge is -2.27. The number of rotatable bonds is 2. The van der Waals surface area contributed by atoms with Gasteiger partial charge >= 0.3 is 0 Å². The summed E-state index contributed by atoms with van der Waals surface area (Å²) >= 11 is 0. The van der Waals surface area contributed by atoms with Crippen molar-refractivity contribution in [3.8, 4) is 0 Å². The summed E-state index contributed by atoms with van der Waals surface area (Å²) in [5, 5.41) is 3.70. The van der Waals surface area contributed by atoms with E-state index >= 15 is 0 Å². The minimum atomic E-state index is 0.626. The van der Waals surface area contributed by atoms with E-state index in [1.807, 2.05) is 0 Å². The Morgan fingerprint density at radius 2 is 1.53 bits per heavy atom. The van der Waals surface area contributed by atoms with Crippen molar-refractivity contribution < 1.29 is 0 Å². The molecule has 1 saturated carbocycles. The Morgan fingerprint density at radius 1 is 0.824 bits per heavy atom. The molecule has 1 atom stereocenters. The second kappa shape index (κ2) is 5.22. The molecule has 2 fully saturated rings. The van der Waals surface area contributed by atoms with Gasteiger partial charge in [-0.15, -0.1) is 0 Å². The highest BCUT2D eigenvalue weighted by atomic mass is 14.9. The van der Waals surface area contributed by atoms with Gasteiger partial charge < -0.3 is 5.32 Å². The fraction of sp³-hybridized carbons (Fsp3) is 0.625. The molecule has 0 spiro atoms. The lowest BCUT2D eigenvalue weighted by atomic mass is 9.87. The lowest BCUT2D eigenvalue weighted by Crippen LogP contribution is -2.27. The van der Waals surface area contributed by atoms with Gasteiger partial charge in [-0.05, 0) is 49.3 Å². The highest BCUT2D eigenvalue weighted by Crippen LogP contribution is 2.38. The van der Waals surface area contributed by atoms with E-state index in [0.29, 0.717) is 6.04 Å². The fourth-order valence-corrected chi connectivity index (χ4v) is 3.55. The van der Waals surface area contributed by atoms with Gasteiger partial charge in [0.25, 0.3) is 0 Å². The standard InChI is InChI=1S/C16H23N/c1-2-8-13(7-1)14-9-3-4-10-15(14)16-11-5-6-12-17-16/h3-4,9-10,13,16-17H,1-2,5-8,11-12H2. The molecule has 0 bridgehead atoms. The zero-order chi connectivity index (χ0) is 11.5. The average Bonchev–Trinajstić information content (AvgIpc) is 2.94. The quantitative estimate of drug-likeness (QED) is 0.803. The fourth-order valence-electron chi connectivity index (χ4n) is 3.55.